The molecule has 6 heteroatoms. The fourth-order valence-electron chi connectivity index (χ4n) is 3.48. The predicted octanol–water partition coefficient (Wildman–Crippen LogP) is 2.39. The van der Waals surface area contributed by atoms with Crippen molar-refractivity contribution in [2.75, 3.05) is 19.5 Å². The lowest BCUT2D eigenvalue weighted by Crippen LogP contribution is -2.48. The summed E-state index contributed by atoms with van der Waals surface area (Å²) >= 11 is 0. The second-order valence-corrected chi connectivity index (χ2v) is 6.05. The van der Waals surface area contributed by atoms with Gasteiger partial charge in [-0.05, 0) is 24.6 Å². The van der Waals surface area contributed by atoms with E-state index in [0.29, 0.717) is 6.42 Å². The number of carbonyl (C=O) groups excluding carboxylic acids is 2. The van der Waals surface area contributed by atoms with Crippen LogP contribution in [0.4, 0.5) is 5.69 Å². The Bertz CT molecular complexity index is 783. The molecule has 0 aliphatic carbocycles. The molecule has 3 rings (SSSR count). The van der Waals surface area contributed by atoms with E-state index in [9.17, 15) is 9.59 Å². The minimum atomic E-state index is -1.13. The number of rotatable bonds is 7. The smallest absolute Gasteiger partial charge is 0.337 e. The van der Waals surface area contributed by atoms with Crippen molar-refractivity contribution < 1.29 is 23.8 Å². The molecule has 0 radical (unpaired) electrons. The van der Waals surface area contributed by atoms with Crippen LogP contribution in [0.5, 0.6) is 0 Å². The first-order chi connectivity index (χ1) is 12.6. The maximum Gasteiger partial charge on any atom is 0.337 e. The van der Waals surface area contributed by atoms with E-state index in [1.54, 1.807) is 18.2 Å². The number of carbonyl (C=O) groups is 2. The molecular formula is C20H21NO5. The molecule has 26 heavy (non-hydrogen) atoms. The van der Waals surface area contributed by atoms with Gasteiger partial charge in [0.05, 0.1) is 31.4 Å². The molecule has 0 aromatic heterocycles. The van der Waals surface area contributed by atoms with Gasteiger partial charge in [-0.1, -0.05) is 30.4 Å². The molecule has 1 aromatic rings. The lowest BCUT2D eigenvalue weighted by Gasteiger charge is -2.35. The predicted molar refractivity (Wildman–Crippen MR) is 96.5 cm³/mol. The first-order valence-corrected chi connectivity index (χ1v) is 8.28. The molecule has 0 saturated carbocycles. The lowest BCUT2D eigenvalue weighted by atomic mass is 9.80. The van der Waals surface area contributed by atoms with Crippen LogP contribution in [0, 0.1) is 0 Å². The number of methoxy groups -OCH3 is 2. The number of para-hydroxylation sites is 1. The highest BCUT2D eigenvalue weighted by molar-refractivity contribution is 6.05. The van der Waals surface area contributed by atoms with Crippen molar-refractivity contribution in [1.29, 1.82) is 0 Å². The van der Waals surface area contributed by atoms with Crippen molar-refractivity contribution in [2.45, 2.75) is 24.2 Å². The van der Waals surface area contributed by atoms with E-state index in [0.717, 1.165) is 5.69 Å². The summed E-state index contributed by atoms with van der Waals surface area (Å²) in [6.07, 6.45) is 5.18. The van der Waals surface area contributed by atoms with Crippen molar-refractivity contribution >= 4 is 17.6 Å². The summed E-state index contributed by atoms with van der Waals surface area (Å²) in [7, 11) is 2.55. The zero-order valence-electron chi connectivity index (χ0n) is 14.7. The third kappa shape index (κ3) is 2.82. The van der Waals surface area contributed by atoms with Crippen LogP contribution in [0.3, 0.4) is 0 Å². The molecule has 0 amide bonds. The molecule has 2 aliphatic rings. The minimum absolute atomic E-state index is 0.176. The Kier molecular flexibility index (Phi) is 4.95. The molecule has 136 valence electrons. The number of hydrogen-bond donors (Lipinski definition) is 1. The molecule has 6 nitrogen and oxygen atoms in total. The van der Waals surface area contributed by atoms with Gasteiger partial charge in [-0.25, -0.2) is 9.59 Å². The van der Waals surface area contributed by atoms with Crippen molar-refractivity contribution in [1.82, 2.24) is 0 Å². The molecule has 0 fully saturated rings. The first kappa shape index (κ1) is 17.9. The van der Waals surface area contributed by atoms with Crippen LogP contribution in [-0.4, -0.2) is 43.9 Å². The Morgan fingerprint density at radius 3 is 2.58 bits per heavy atom. The fraction of sp³-hybridized carbons (Fsp3) is 0.300. The molecule has 1 N–H and O–H groups in total. The summed E-state index contributed by atoms with van der Waals surface area (Å²) in [5.41, 5.74) is 0.0935. The monoisotopic (exact) mass is 355 g/mol. The van der Waals surface area contributed by atoms with Crippen LogP contribution in [0.1, 0.15) is 6.42 Å². The van der Waals surface area contributed by atoms with Crippen LogP contribution in [0.25, 0.3) is 0 Å². The van der Waals surface area contributed by atoms with Gasteiger partial charge in [-0.2, -0.15) is 0 Å². The summed E-state index contributed by atoms with van der Waals surface area (Å²) < 4.78 is 15.9. The van der Waals surface area contributed by atoms with Crippen molar-refractivity contribution in [3.63, 3.8) is 0 Å². The molecule has 0 saturated heterocycles. The van der Waals surface area contributed by atoms with Gasteiger partial charge in [0.1, 0.15) is 11.7 Å². The van der Waals surface area contributed by atoms with E-state index in [2.05, 4.69) is 11.9 Å². The summed E-state index contributed by atoms with van der Waals surface area (Å²) in [6.45, 7) is 3.81. The highest BCUT2D eigenvalue weighted by Gasteiger charge is 2.58. The minimum Gasteiger partial charge on any atom is -0.466 e. The van der Waals surface area contributed by atoms with Gasteiger partial charge < -0.3 is 19.5 Å². The van der Waals surface area contributed by atoms with E-state index in [4.69, 9.17) is 14.2 Å². The van der Waals surface area contributed by atoms with Crippen molar-refractivity contribution in [3.05, 3.63) is 66.3 Å². The highest BCUT2D eigenvalue weighted by Crippen LogP contribution is 2.47. The molecule has 1 aromatic carbocycles. The van der Waals surface area contributed by atoms with Crippen molar-refractivity contribution in [2.24, 2.45) is 0 Å². The molecule has 3 atom stereocenters. The molecular weight excluding hydrogens is 334 g/mol. The van der Waals surface area contributed by atoms with E-state index in [1.807, 2.05) is 30.3 Å². The maximum atomic E-state index is 12.5. The van der Waals surface area contributed by atoms with Gasteiger partial charge in [-0.3, -0.25) is 0 Å². The maximum absolute atomic E-state index is 12.5. The second-order valence-electron chi connectivity index (χ2n) is 6.05. The van der Waals surface area contributed by atoms with Crippen LogP contribution in [0.2, 0.25) is 0 Å². The van der Waals surface area contributed by atoms with Crippen LogP contribution in [-0.2, 0) is 23.8 Å². The Balaban J connectivity index is 2.07. The number of benzene rings is 1. The third-order valence-corrected chi connectivity index (χ3v) is 4.61. The van der Waals surface area contributed by atoms with Gasteiger partial charge in [-0.15, -0.1) is 6.58 Å². The van der Waals surface area contributed by atoms with E-state index < -0.39 is 23.6 Å². The summed E-state index contributed by atoms with van der Waals surface area (Å²) in [6, 6.07) is 9.20. The number of ether oxygens (including phenoxy) is 3. The van der Waals surface area contributed by atoms with Gasteiger partial charge >= 0.3 is 11.9 Å². The van der Waals surface area contributed by atoms with Gasteiger partial charge in [0.2, 0.25) is 0 Å². The molecule has 2 aliphatic heterocycles. The van der Waals surface area contributed by atoms with Crippen LogP contribution < -0.4 is 5.32 Å². The number of fused-ring (bicyclic) bond motifs is 2. The topological polar surface area (TPSA) is 73.9 Å². The fourth-order valence-corrected chi connectivity index (χ4v) is 3.48. The Morgan fingerprint density at radius 2 is 1.96 bits per heavy atom. The normalized spacial score (nSPS) is 24.3. The van der Waals surface area contributed by atoms with Crippen LogP contribution >= 0.6 is 0 Å². The summed E-state index contributed by atoms with van der Waals surface area (Å²) in [5, 5.41) is 3.39. The zero-order valence-corrected chi connectivity index (χ0v) is 14.7. The number of hydrogen-bond acceptors (Lipinski definition) is 6. The molecule has 2 bridgehead atoms. The van der Waals surface area contributed by atoms with Gasteiger partial charge in [0.15, 0.2) is 0 Å². The number of nitrogens with one attached hydrogen (secondary N) is 1. The van der Waals surface area contributed by atoms with Gasteiger partial charge in [0.25, 0.3) is 0 Å². The van der Waals surface area contributed by atoms with Crippen LogP contribution in [0.15, 0.2) is 66.3 Å². The Morgan fingerprint density at radius 1 is 1.27 bits per heavy atom. The number of esters is 2. The van der Waals surface area contributed by atoms with Gasteiger partial charge in [0, 0.05) is 5.69 Å². The average molecular weight is 355 g/mol. The third-order valence-electron chi connectivity index (χ3n) is 4.61. The Hall–Kier alpha value is -2.86. The number of anilines is 1. The van der Waals surface area contributed by atoms with E-state index in [-0.39, 0.29) is 17.2 Å². The van der Waals surface area contributed by atoms with E-state index >= 15 is 0 Å². The SMILES string of the molecule is C=CC[C@H](Nc1ccccc1)C12C=CC(O1)C(C(=O)OC)=C2C(=O)OC. The zero-order chi connectivity index (χ0) is 18.7. The summed E-state index contributed by atoms with van der Waals surface area (Å²) in [5.74, 6) is -1.21. The molecule has 0 spiro atoms. The lowest BCUT2D eigenvalue weighted by molar-refractivity contribution is -0.139. The first-order valence-electron chi connectivity index (χ1n) is 8.28. The average Bonchev–Trinajstić information content (AvgIpc) is 3.25. The van der Waals surface area contributed by atoms with Crippen molar-refractivity contribution in [3.8, 4) is 0 Å². The standard InChI is InChI=1S/C20H21NO5/c1-4-8-15(21-13-9-6-5-7-10-13)20-12-11-14(26-20)16(18(22)24-2)17(20)19(23)25-3/h4-7,9-12,14-15,21H,1,8H2,2-3H3/t14?,15-,20?/m0/s1. The molecule has 2 heterocycles. The quantitative estimate of drug-likeness (QED) is 0.598. The molecule has 2 unspecified atom stereocenters. The highest BCUT2D eigenvalue weighted by atomic mass is 16.6. The summed E-state index contributed by atoms with van der Waals surface area (Å²) in [4.78, 5) is 24.8. The second kappa shape index (κ2) is 7.17. The van der Waals surface area contributed by atoms with E-state index in [1.165, 1.54) is 14.2 Å². The Labute approximate surface area is 152 Å². The largest absolute Gasteiger partial charge is 0.466 e.